The fraction of sp³-hybridized carbons (Fsp3) is 0.200. The molecule has 0 fully saturated rings. The van der Waals surface area contributed by atoms with Crippen molar-refractivity contribution in [2.75, 3.05) is 7.11 Å². The van der Waals surface area contributed by atoms with Crippen LogP contribution in [0.2, 0.25) is 5.02 Å². The molecule has 1 aliphatic rings. The van der Waals surface area contributed by atoms with Gasteiger partial charge in [0, 0.05) is 16.1 Å². The molecule has 1 atom stereocenters. The van der Waals surface area contributed by atoms with Gasteiger partial charge < -0.3 is 4.74 Å². The van der Waals surface area contributed by atoms with Gasteiger partial charge in [-0.3, -0.25) is 14.4 Å². The summed E-state index contributed by atoms with van der Waals surface area (Å²) in [5.74, 6) is 1.96. The molecule has 1 aromatic heterocycles. The molecule has 0 saturated carbocycles. The van der Waals surface area contributed by atoms with Gasteiger partial charge in [-0.15, -0.1) is 10.2 Å². The van der Waals surface area contributed by atoms with Gasteiger partial charge in [0.25, 0.3) is 0 Å². The number of aliphatic imine (C=N–C) groups is 1. The standard InChI is InChI=1S/C20H16Cl2N4O2/c1-11-24-25-20-16(10-18(22)27)23-19(12-3-5-13(21)6-4-12)15-9-14(28-2)7-8-17(15)26(11)20/h3-9,16H,10H2,1-2H3/t16-/m0/s1. The van der Waals surface area contributed by atoms with Crippen LogP contribution >= 0.6 is 23.2 Å². The van der Waals surface area contributed by atoms with Crippen LogP contribution in [0, 0.1) is 6.92 Å². The molecule has 142 valence electrons. The number of halogens is 2. The molecule has 0 unspecified atom stereocenters. The molecule has 1 aliphatic heterocycles. The van der Waals surface area contributed by atoms with Gasteiger partial charge in [0.05, 0.1) is 24.9 Å². The van der Waals surface area contributed by atoms with Crippen LogP contribution in [0.15, 0.2) is 47.5 Å². The molecule has 2 heterocycles. The Morgan fingerprint density at radius 3 is 2.61 bits per heavy atom. The number of aromatic nitrogens is 3. The summed E-state index contributed by atoms with van der Waals surface area (Å²) in [5, 5.41) is 8.61. The third-order valence-electron chi connectivity index (χ3n) is 4.60. The number of hydrogen-bond acceptors (Lipinski definition) is 5. The van der Waals surface area contributed by atoms with Crippen LogP contribution in [0.1, 0.15) is 35.2 Å². The second-order valence-electron chi connectivity index (χ2n) is 6.38. The SMILES string of the molecule is COc1ccc2c(c1)C(c1ccc(Cl)cc1)=N[C@@H](CC(=O)Cl)c1nnc(C)n1-2. The van der Waals surface area contributed by atoms with Gasteiger partial charge in [-0.05, 0) is 48.9 Å². The number of nitrogens with zero attached hydrogens (tertiary/aromatic N) is 4. The van der Waals surface area contributed by atoms with E-state index in [0.29, 0.717) is 28.1 Å². The van der Waals surface area contributed by atoms with E-state index in [1.165, 1.54) is 0 Å². The Morgan fingerprint density at radius 1 is 1.18 bits per heavy atom. The van der Waals surface area contributed by atoms with Crippen molar-refractivity contribution in [2.24, 2.45) is 4.99 Å². The maximum Gasteiger partial charge on any atom is 0.224 e. The number of methoxy groups -OCH3 is 1. The zero-order chi connectivity index (χ0) is 19.8. The molecule has 0 saturated heterocycles. The number of rotatable bonds is 4. The fourth-order valence-corrected chi connectivity index (χ4v) is 3.60. The van der Waals surface area contributed by atoms with Crippen LogP contribution in [0.25, 0.3) is 5.69 Å². The summed E-state index contributed by atoms with van der Waals surface area (Å²) >= 11 is 11.8. The maximum absolute atomic E-state index is 11.7. The molecule has 0 N–H and O–H groups in total. The lowest BCUT2D eigenvalue weighted by Gasteiger charge is -2.14. The van der Waals surface area contributed by atoms with E-state index < -0.39 is 11.3 Å². The first-order valence-corrected chi connectivity index (χ1v) is 9.36. The Bertz CT molecular complexity index is 1090. The second kappa shape index (κ2) is 7.37. The number of carbonyl (C=O) groups excluding carboxylic acids is 1. The van der Waals surface area contributed by atoms with Crippen molar-refractivity contribution in [3.05, 3.63) is 70.3 Å². The fourth-order valence-electron chi connectivity index (χ4n) is 3.33. The van der Waals surface area contributed by atoms with Crippen molar-refractivity contribution in [3.8, 4) is 11.4 Å². The van der Waals surface area contributed by atoms with E-state index in [0.717, 1.165) is 16.8 Å². The lowest BCUT2D eigenvalue weighted by Crippen LogP contribution is -2.08. The van der Waals surface area contributed by atoms with Crippen molar-refractivity contribution in [1.29, 1.82) is 0 Å². The van der Waals surface area contributed by atoms with Crippen molar-refractivity contribution in [1.82, 2.24) is 14.8 Å². The third kappa shape index (κ3) is 3.30. The van der Waals surface area contributed by atoms with Crippen LogP contribution in [-0.4, -0.2) is 32.8 Å². The van der Waals surface area contributed by atoms with Crippen molar-refractivity contribution >= 4 is 34.2 Å². The predicted octanol–water partition coefficient (Wildman–Crippen LogP) is 4.29. The van der Waals surface area contributed by atoms with Gasteiger partial charge >= 0.3 is 0 Å². The average Bonchev–Trinajstić information content (AvgIpc) is 3.00. The zero-order valence-corrected chi connectivity index (χ0v) is 16.7. The summed E-state index contributed by atoms with van der Waals surface area (Å²) in [6, 6.07) is 12.5. The molecule has 0 amide bonds. The number of benzene rings is 2. The first kappa shape index (κ1) is 18.7. The summed E-state index contributed by atoms with van der Waals surface area (Å²) < 4.78 is 7.33. The Kier molecular flexibility index (Phi) is 4.91. The average molecular weight is 415 g/mol. The number of aryl methyl sites for hydroxylation is 1. The molecule has 28 heavy (non-hydrogen) atoms. The molecule has 6 nitrogen and oxygen atoms in total. The highest BCUT2D eigenvalue weighted by Gasteiger charge is 2.29. The van der Waals surface area contributed by atoms with Crippen molar-refractivity contribution < 1.29 is 9.53 Å². The molecule has 8 heteroatoms. The van der Waals surface area contributed by atoms with Crippen LogP contribution in [0.3, 0.4) is 0 Å². The van der Waals surface area contributed by atoms with Crippen LogP contribution in [0.4, 0.5) is 0 Å². The number of carbonyl (C=O) groups is 1. The summed E-state index contributed by atoms with van der Waals surface area (Å²) in [4.78, 5) is 16.6. The van der Waals surface area contributed by atoms with E-state index >= 15 is 0 Å². The van der Waals surface area contributed by atoms with E-state index in [1.807, 2.05) is 41.8 Å². The topological polar surface area (TPSA) is 69.4 Å². The summed E-state index contributed by atoms with van der Waals surface area (Å²) in [6.07, 6.45) is 0.0158. The van der Waals surface area contributed by atoms with Crippen LogP contribution in [-0.2, 0) is 4.79 Å². The Morgan fingerprint density at radius 2 is 1.93 bits per heavy atom. The highest BCUT2D eigenvalue weighted by Crippen LogP contribution is 2.34. The van der Waals surface area contributed by atoms with E-state index in [2.05, 4.69) is 10.2 Å². The molecular weight excluding hydrogens is 399 g/mol. The Hall–Kier alpha value is -2.70. The van der Waals surface area contributed by atoms with E-state index in [4.69, 9.17) is 32.9 Å². The molecule has 2 aromatic carbocycles. The minimum absolute atomic E-state index is 0.0158. The molecule has 0 bridgehead atoms. The molecule has 3 aromatic rings. The van der Waals surface area contributed by atoms with Gasteiger partial charge in [-0.2, -0.15) is 0 Å². The van der Waals surface area contributed by atoms with Gasteiger partial charge in [0.2, 0.25) is 5.24 Å². The highest BCUT2D eigenvalue weighted by atomic mass is 35.5. The lowest BCUT2D eigenvalue weighted by molar-refractivity contribution is -0.112. The van der Waals surface area contributed by atoms with Crippen molar-refractivity contribution in [3.63, 3.8) is 0 Å². The number of ether oxygens (including phenoxy) is 1. The molecule has 0 spiro atoms. The molecular formula is C20H16Cl2N4O2. The van der Waals surface area contributed by atoms with Crippen molar-refractivity contribution in [2.45, 2.75) is 19.4 Å². The molecule has 0 aliphatic carbocycles. The lowest BCUT2D eigenvalue weighted by atomic mass is 10.00. The van der Waals surface area contributed by atoms with Gasteiger partial charge in [0.15, 0.2) is 5.82 Å². The Labute approximate surface area is 171 Å². The number of hydrogen-bond donors (Lipinski definition) is 0. The smallest absolute Gasteiger partial charge is 0.224 e. The van der Waals surface area contributed by atoms with E-state index in [-0.39, 0.29) is 6.42 Å². The maximum atomic E-state index is 11.7. The molecule has 4 rings (SSSR count). The van der Waals surface area contributed by atoms with Crippen LogP contribution in [0.5, 0.6) is 5.75 Å². The van der Waals surface area contributed by atoms with Gasteiger partial charge in [-0.1, -0.05) is 23.7 Å². The monoisotopic (exact) mass is 414 g/mol. The molecule has 0 radical (unpaired) electrons. The zero-order valence-electron chi connectivity index (χ0n) is 15.2. The van der Waals surface area contributed by atoms with E-state index in [9.17, 15) is 4.79 Å². The first-order valence-electron chi connectivity index (χ1n) is 8.60. The third-order valence-corrected chi connectivity index (χ3v) is 5.01. The normalized spacial score (nSPS) is 15.3. The van der Waals surface area contributed by atoms with E-state index in [1.54, 1.807) is 19.2 Å². The first-order chi connectivity index (χ1) is 13.5. The highest BCUT2D eigenvalue weighted by molar-refractivity contribution is 6.63. The van der Waals surface area contributed by atoms with Gasteiger partial charge in [-0.25, -0.2) is 0 Å². The minimum Gasteiger partial charge on any atom is -0.497 e. The summed E-state index contributed by atoms with van der Waals surface area (Å²) in [5.41, 5.74) is 3.27. The predicted molar refractivity (Wildman–Crippen MR) is 108 cm³/mol. The summed E-state index contributed by atoms with van der Waals surface area (Å²) in [7, 11) is 1.61. The minimum atomic E-state index is -0.560. The van der Waals surface area contributed by atoms with Crippen LogP contribution < -0.4 is 4.74 Å². The quantitative estimate of drug-likeness (QED) is 0.597. The van der Waals surface area contributed by atoms with Gasteiger partial charge in [0.1, 0.15) is 17.6 Å². The number of fused-ring (bicyclic) bond motifs is 3. The largest absolute Gasteiger partial charge is 0.497 e. The second-order valence-corrected chi connectivity index (χ2v) is 7.24. The summed E-state index contributed by atoms with van der Waals surface area (Å²) in [6.45, 7) is 1.86. The Balaban J connectivity index is 2.02.